The van der Waals surface area contributed by atoms with Gasteiger partial charge in [-0.05, 0) is 47.6 Å². The third-order valence-corrected chi connectivity index (χ3v) is 4.46. The number of rotatable bonds is 6. The van der Waals surface area contributed by atoms with Crippen molar-refractivity contribution in [2.45, 2.75) is 4.90 Å². The van der Waals surface area contributed by atoms with Crippen LogP contribution in [-0.2, 0) is 20.7 Å². The largest absolute Gasteiger partial charge is 0.611 e. The average molecular weight is 347 g/mol. The lowest BCUT2D eigenvalue weighted by Crippen LogP contribution is -2.23. The number of ether oxygens (including phenoxy) is 2. The summed E-state index contributed by atoms with van der Waals surface area (Å²) in [6.07, 6.45) is 0. The molecule has 0 spiro atoms. The molecule has 0 heterocycles. The molecule has 1 N–H and O–H groups in total. The van der Waals surface area contributed by atoms with Gasteiger partial charge in [-0.1, -0.05) is 6.07 Å². The van der Waals surface area contributed by atoms with Crippen molar-refractivity contribution in [3.05, 3.63) is 54.1 Å². The molecule has 1 atom stereocenters. The molecule has 2 aromatic carbocycles. The number of nitrogens with one attached hydrogen (secondary N) is 1. The van der Waals surface area contributed by atoms with E-state index in [0.717, 1.165) is 0 Å². The van der Waals surface area contributed by atoms with Crippen LogP contribution in [0.25, 0.3) is 0 Å². The van der Waals surface area contributed by atoms with E-state index >= 15 is 0 Å². The Morgan fingerprint density at radius 3 is 2.46 bits per heavy atom. The van der Waals surface area contributed by atoms with Crippen molar-refractivity contribution in [1.29, 1.82) is 0 Å². The minimum Gasteiger partial charge on any atom is -0.611 e. The molecule has 6 nitrogen and oxygen atoms in total. The van der Waals surface area contributed by atoms with Crippen molar-refractivity contribution < 1.29 is 23.6 Å². The van der Waals surface area contributed by atoms with E-state index in [0.29, 0.717) is 21.9 Å². The first-order valence-corrected chi connectivity index (χ1v) is 8.36. The minimum absolute atomic E-state index is 0.212. The third kappa shape index (κ3) is 4.74. The average Bonchev–Trinajstić information content (AvgIpc) is 2.61. The molecule has 2 rings (SSSR count). The highest BCUT2D eigenvalue weighted by atomic mass is 32.2. The van der Waals surface area contributed by atoms with Crippen LogP contribution in [-0.4, -0.2) is 36.4 Å². The Morgan fingerprint density at radius 1 is 1.12 bits per heavy atom. The summed E-state index contributed by atoms with van der Waals surface area (Å²) in [5.74, 6) is -0.439. The maximum Gasteiger partial charge on any atom is 0.338 e. The summed E-state index contributed by atoms with van der Waals surface area (Å²) in [5, 5.41) is 2.66. The Kier molecular flexibility index (Phi) is 6.22. The zero-order valence-corrected chi connectivity index (χ0v) is 14.1. The van der Waals surface area contributed by atoms with Crippen molar-refractivity contribution in [2.75, 3.05) is 25.3 Å². The first-order valence-electron chi connectivity index (χ1n) is 7.04. The van der Waals surface area contributed by atoms with Crippen molar-refractivity contribution in [3.8, 4) is 5.75 Å². The van der Waals surface area contributed by atoms with E-state index in [1.54, 1.807) is 49.6 Å². The monoisotopic (exact) mass is 347 g/mol. The summed E-state index contributed by atoms with van der Waals surface area (Å²) in [6, 6.07) is 13.0. The highest BCUT2D eigenvalue weighted by Gasteiger charge is 2.18. The Hall–Kier alpha value is -2.51. The Balaban J connectivity index is 1.99. The molecule has 0 saturated carbocycles. The molecular weight excluding hydrogens is 330 g/mol. The second-order valence-corrected chi connectivity index (χ2v) is 6.24. The molecule has 0 aromatic heterocycles. The van der Waals surface area contributed by atoms with Crippen LogP contribution in [0.4, 0.5) is 5.69 Å². The standard InChI is InChI=1S/C17H17NO5S/c1-22-14-8-6-13(7-9-14)18-16(19)11-24(21)15-5-3-4-12(10-15)17(20)23-2/h3-10H,11H2,1-2H3,(H,18,19). The van der Waals surface area contributed by atoms with Crippen LogP contribution in [0.1, 0.15) is 10.4 Å². The Bertz CT molecular complexity index is 717. The van der Waals surface area contributed by atoms with Gasteiger partial charge in [-0.3, -0.25) is 4.79 Å². The molecule has 1 amide bonds. The van der Waals surface area contributed by atoms with Gasteiger partial charge in [0.2, 0.25) is 0 Å². The Labute approximate surface area is 143 Å². The van der Waals surface area contributed by atoms with Gasteiger partial charge in [0.1, 0.15) is 5.75 Å². The normalized spacial score (nSPS) is 11.5. The van der Waals surface area contributed by atoms with Gasteiger partial charge in [0, 0.05) is 11.8 Å². The summed E-state index contributed by atoms with van der Waals surface area (Å²) < 4.78 is 21.9. The number of hydrogen-bond acceptors (Lipinski definition) is 5. The molecule has 1 unspecified atom stereocenters. The van der Waals surface area contributed by atoms with Crippen molar-refractivity contribution in [3.63, 3.8) is 0 Å². The maximum absolute atomic E-state index is 12.3. The number of methoxy groups -OCH3 is 2. The second kappa shape index (κ2) is 8.37. The number of esters is 1. The predicted molar refractivity (Wildman–Crippen MR) is 90.7 cm³/mol. The molecular formula is C17H17NO5S. The molecule has 126 valence electrons. The lowest BCUT2D eigenvalue weighted by Gasteiger charge is -2.11. The Morgan fingerprint density at radius 2 is 1.83 bits per heavy atom. The van der Waals surface area contributed by atoms with Crippen LogP contribution in [0, 0.1) is 0 Å². The van der Waals surface area contributed by atoms with Crippen LogP contribution in [0.3, 0.4) is 0 Å². The van der Waals surface area contributed by atoms with Crippen LogP contribution < -0.4 is 10.1 Å². The molecule has 2 aromatic rings. The number of anilines is 1. The molecule has 7 heteroatoms. The van der Waals surface area contributed by atoms with E-state index in [-0.39, 0.29) is 11.7 Å². The van der Waals surface area contributed by atoms with Crippen LogP contribution in [0.2, 0.25) is 0 Å². The van der Waals surface area contributed by atoms with Gasteiger partial charge in [0.15, 0.2) is 10.6 Å². The van der Waals surface area contributed by atoms with E-state index in [4.69, 9.17) is 4.74 Å². The summed E-state index contributed by atoms with van der Waals surface area (Å²) in [4.78, 5) is 23.9. The molecule has 0 aliphatic rings. The minimum atomic E-state index is -1.57. The summed E-state index contributed by atoms with van der Waals surface area (Å²) in [5.41, 5.74) is 0.875. The summed E-state index contributed by atoms with van der Waals surface area (Å²) in [7, 11) is 2.83. The quantitative estimate of drug-likeness (QED) is 0.639. The van der Waals surface area contributed by atoms with Crippen molar-refractivity contribution in [1.82, 2.24) is 0 Å². The molecule has 24 heavy (non-hydrogen) atoms. The number of amides is 1. The number of hydrogen-bond donors (Lipinski definition) is 1. The smallest absolute Gasteiger partial charge is 0.338 e. The van der Waals surface area contributed by atoms with Gasteiger partial charge in [-0.25, -0.2) is 4.79 Å². The SMILES string of the molecule is COC(=O)c1cccc([S+]([O-])CC(=O)Nc2ccc(OC)cc2)c1. The fourth-order valence-corrected chi connectivity index (χ4v) is 2.92. The number of carbonyl (C=O) groups is 2. The van der Waals surface area contributed by atoms with Gasteiger partial charge in [0.05, 0.1) is 19.8 Å². The third-order valence-electron chi connectivity index (χ3n) is 3.15. The first kappa shape index (κ1) is 17.8. The fraction of sp³-hybridized carbons (Fsp3) is 0.176. The van der Waals surface area contributed by atoms with Gasteiger partial charge in [0.25, 0.3) is 5.91 Å². The van der Waals surface area contributed by atoms with Crippen molar-refractivity contribution in [2.24, 2.45) is 0 Å². The number of carbonyl (C=O) groups excluding carboxylic acids is 2. The van der Waals surface area contributed by atoms with E-state index in [1.165, 1.54) is 13.2 Å². The maximum atomic E-state index is 12.3. The highest BCUT2D eigenvalue weighted by Crippen LogP contribution is 2.17. The first-order chi connectivity index (χ1) is 11.5. The van der Waals surface area contributed by atoms with Gasteiger partial charge < -0.3 is 19.3 Å². The van der Waals surface area contributed by atoms with Crippen LogP contribution in [0.15, 0.2) is 53.4 Å². The lowest BCUT2D eigenvalue weighted by molar-refractivity contribution is -0.113. The molecule has 0 saturated heterocycles. The molecule has 0 aliphatic carbocycles. The van der Waals surface area contributed by atoms with E-state index in [2.05, 4.69) is 10.1 Å². The van der Waals surface area contributed by atoms with Gasteiger partial charge in [-0.15, -0.1) is 0 Å². The van der Waals surface area contributed by atoms with Crippen LogP contribution in [0.5, 0.6) is 5.75 Å². The lowest BCUT2D eigenvalue weighted by atomic mass is 10.2. The number of benzene rings is 2. The molecule has 0 bridgehead atoms. The topological polar surface area (TPSA) is 87.7 Å². The fourth-order valence-electron chi connectivity index (χ4n) is 1.96. The van der Waals surface area contributed by atoms with E-state index < -0.39 is 17.1 Å². The van der Waals surface area contributed by atoms with E-state index in [9.17, 15) is 14.1 Å². The van der Waals surface area contributed by atoms with Crippen LogP contribution >= 0.6 is 0 Å². The molecule has 0 aliphatic heterocycles. The van der Waals surface area contributed by atoms with E-state index in [1.807, 2.05) is 0 Å². The van der Waals surface area contributed by atoms with Crippen molar-refractivity contribution >= 4 is 28.7 Å². The van der Waals surface area contributed by atoms with Gasteiger partial charge >= 0.3 is 5.97 Å². The highest BCUT2D eigenvalue weighted by molar-refractivity contribution is 7.92. The zero-order chi connectivity index (χ0) is 17.5. The predicted octanol–water partition coefficient (Wildman–Crippen LogP) is 2.23. The second-order valence-electron chi connectivity index (χ2n) is 4.79. The molecule has 0 fully saturated rings. The van der Waals surface area contributed by atoms with Gasteiger partial charge in [-0.2, -0.15) is 0 Å². The zero-order valence-electron chi connectivity index (χ0n) is 13.3. The summed E-state index contributed by atoms with van der Waals surface area (Å²) >= 11 is -1.57. The molecule has 0 radical (unpaired) electrons. The summed E-state index contributed by atoms with van der Waals surface area (Å²) in [6.45, 7) is 0.